The maximum absolute atomic E-state index is 6.13. The molecule has 3 heterocycles. The number of furan rings is 1. The average Bonchev–Trinajstić information content (AvgIpc) is 3.38. The van der Waals surface area contributed by atoms with Gasteiger partial charge in [-0.15, -0.1) is 54.1 Å². The van der Waals surface area contributed by atoms with E-state index < -0.39 is 0 Å². The van der Waals surface area contributed by atoms with Crippen molar-refractivity contribution < 1.29 is 24.5 Å². The summed E-state index contributed by atoms with van der Waals surface area (Å²) in [6.45, 7) is 2.10. The Hall–Kier alpha value is -4.37. The van der Waals surface area contributed by atoms with Crippen LogP contribution in [-0.2, 0) is 20.1 Å². The maximum atomic E-state index is 6.13. The first-order valence-electron chi connectivity index (χ1n) is 12.5. The van der Waals surface area contributed by atoms with Crippen LogP contribution in [0.3, 0.4) is 0 Å². The number of rotatable bonds is 3. The number of aryl methyl sites for hydroxylation is 1. The van der Waals surface area contributed by atoms with Gasteiger partial charge in [0.1, 0.15) is 5.58 Å². The van der Waals surface area contributed by atoms with E-state index in [1.54, 1.807) is 6.20 Å². The van der Waals surface area contributed by atoms with E-state index in [1.165, 1.54) is 11.1 Å². The molecule has 3 nitrogen and oxygen atoms in total. The van der Waals surface area contributed by atoms with Crippen LogP contribution < -0.4 is 0 Å². The van der Waals surface area contributed by atoms with Gasteiger partial charge in [-0.2, -0.15) is 0 Å². The monoisotopic (exact) mass is 681 g/mol. The molecule has 0 spiro atoms. The topological polar surface area (TPSA) is 38.9 Å². The summed E-state index contributed by atoms with van der Waals surface area (Å²) in [5, 5.41) is 2.21. The van der Waals surface area contributed by atoms with Gasteiger partial charge in [0.2, 0.25) is 0 Å². The Balaban J connectivity index is 0.000000200. The second kappa shape index (κ2) is 12.0. The van der Waals surface area contributed by atoms with Crippen molar-refractivity contribution in [2.24, 2.45) is 0 Å². The van der Waals surface area contributed by atoms with Crippen molar-refractivity contribution in [1.29, 1.82) is 0 Å². The molecule has 191 valence electrons. The van der Waals surface area contributed by atoms with Crippen molar-refractivity contribution in [3.63, 3.8) is 0 Å². The Bertz CT molecular complexity index is 1770. The second-order valence-corrected chi connectivity index (χ2v) is 8.98. The Morgan fingerprint density at radius 3 is 2.21 bits per heavy atom. The molecule has 0 saturated heterocycles. The molecule has 0 fully saturated rings. The number of hydrogen-bond donors (Lipinski definition) is 0. The number of benzene rings is 4. The van der Waals surface area contributed by atoms with Gasteiger partial charge in [0.05, 0.1) is 5.58 Å². The van der Waals surface area contributed by atoms with Gasteiger partial charge in [-0.3, -0.25) is 0 Å². The van der Waals surface area contributed by atoms with E-state index in [2.05, 4.69) is 71.5 Å². The summed E-state index contributed by atoms with van der Waals surface area (Å²) in [6, 6.07) is 44.9. The van der Waals surface area contributed by atoms with Crippen LogP contribution in [-0.4, -0.2) is 9.97 Å². The maximum Gasteiger partial charge on any atom is 0.120 e. The van der Waals surface area contributed by atoms with Crippen LogP contribution in [0.2, 0.25) is 0 Å². The molecule has 0 aliphatic rings. The van der Waals surface area contributed by atoms with Crippen molar-refractivity contribution in [3.8, 4) is 33.6 Å². The minimum absolute atomic E-state index is 0. The smallest absolute Gasteiger partial charge is 0.120 e. The van der Waals surface area contributed by atoms with Gasteiger partial charge >= 0.3 is 0 Å². The standard InChI is InChI=1S/C24H16NO.C11H8N.Ir/c1-16-9-11-17(12-10-16)18-13-14-25-22(15-18)21-7-4-6-20-19-5-2-3-8-23(19)26-24(20)21;1-2-6-10(7-3-1)11-8-4-5-9-12-11;/h2-6,8-15H,1H3;1-6,8-9H;/q2*-1;. The average molecular weight is 681 g/mol. The molecule has 0 amide bonds. The molecule has 4 heteroatoms. The molecule has 0 aliphatic heterocycles. The Kier molecular flexibility index (Phi) is 8.07. The van der Waals surface area contributed by atoms with Gasteiger partial charge in [-0.1, -0.05) is 77.2 Å². The summed E-state index contributed by atoms with van der Waals surface area (Å²) in [5.41, 5.74) is 9.06. The zero-order valence-electron chi connectivity index (χ0n) is 21.3. The van der Waals surface area contributed by atoms with E-state index in [9.17, 15) is 0 Å². The van der Waals surface area contributed by atoms with Crippen molar-refractivity contribution in [1.82, 2.24) is 9.97 Å². The summed E-state index contributed by atoms with van der Waals surface area (Å²) in [4.78, 5) is 8.80. The Morgan fingerprint density at radius 1 is 0.615 bits per heavy atom. The number of aromatic nitrogens is 2. The predicted octanol–water partition coefficient (Wildman–Crippen LogP) is 8.97. The Labute approximate surface area is 241 Å². The molecule has 0 atom stereocenters. The van der Waals surface area contributed by atoms with E-state index >= 15 is 0 Å². The van der Waals surface area contributed by atoms with Crippen LogP contribution in [0.1, 0.15) is 5.56 Å². The third kappa shape index (κ3) is 5.73. The molecule has 4 aromatic carbocycles. The first kappa shape index (κ1) is 26.2. The zero-order chi connectivity index (χ0) is 25.7. The van der Waals surface area contributed by atoms with E-state index in [0.717, 1.165) is 50.0 Å². The van der Waals surface area contributed by atoms with E-state index in [0.29, 0.717) is 0 Å². The minimum atomic E-state index is 0. The molecule has 0 N–H and O–H groups in total. The van der Waals surface area contributed by atoms with Crippen LogP contribution in [0.4, 0.5) is 0 Å². The van der Waals surface area contributed by atoms with Crippen LogP contribution in [0, 0.1) is 19.1 Å². The number of fused-ring (bicyclic) bond motifs is 3. The van der Waals surface area contributed by atoms with Gasteiger partial charge in [0.25, 0.3) is 0 Å². The molecule has 3 aromatic heterocycles. The van der Waals surface area contributed by atoms with Gasteiger partial charge in [0, 0.05) is 37.9 Å². The van der Waals surface area contributed by atoms with Crippen LogP contribution >= 0.6 is 0 Å². The fourth-order valence-electron chi connectivity index (χ4n) is 4.45. The molecule has 7 rings (SSSR count). The zero-order valence-corrected chi connectivity index (χ0v) is 23.7. The molecule has 0 saturated carbocycles. The van der Waals surface area contributed by atoms with Crippen molar-refractivity contribution in [2.75, 3.05) is 0 Å². The molecule has 1 radical (unpaired) electrons. The summed E-state index contributed by atoms with van der Waals surface area (Å²) < 4.78 is 6.13. The largest absolute Gasteiger partial charge is 0.501 e. The quantitative estimate of drug-likeness (QED) is 0.175. The van der Waals surface area contributed by atoms with Crippen molar-refractivity contribution >= 4 is 21.9 Å². The molecule has 0 aliphatic carbocycles. The number of nitrogens with zero attached hydrogens (tertiary/aromatic N) is 2. The molecule has 7 aromatic rings. The van der Waals surface area contributed by atoms with E-state index in [-0.39, 0.29) is 20.1 Å². The van der Waals surface area contributed by atoms with Gasteiger partial charge in [0.15, 0.2) is 0 Å². The van der Waals surface area contributed by atoms with Gasteiger partial charge in [-0.25, -0.2) is 0 Å². The summed E-state index contributed by atoms with van der Waals surface area (Å²) >= 11 is 0. The minimum Gasteiger partial charge on any atom is -0.501 e. The first-order valence-corrected chi connectivity index (χ1v) is 12.5. The molecule has 39 heavy (non-hydrogen) atoms. The van der Waals surface area contributed by atoms with E-state index in [1.807, 2.05) is 79.0 Å². The third-order valence-electron chi connectivity index (χ3n) is 6.39. The fourth-order valence-corrected chi connectivity index (χ4v) is 4.45. The number of pyridine rings is 2. The second-order valence-electron chi connectivity index (χ2n) is 8.98. The summed E-state index contributed by atoms with van der Waals surface area (Å²) in [6.07, 6.45) is 3.63. The third-order valence-corrected chi connectivity index (χ3v) is 6.39. The van der Waals surface area contributed by atoms with Crippen molar-refractivity contribution in [2.45, 2.75) is 6.92 Å². The molecule has 0 unspecified atom stereocenters. The number of hydrogen-bond acceptors (Lipinski definition) is 3. The fraction of sp³-hybridized carbons (Fsp3) is 0.0286. The summed E-state index contributed by atoms with van der Waals surface area (Å²) in [5.74, 6) is 0. The SMILES string of the molecule is Cc1ccc(-c2ccnc(-c3[c-]ccc4c3oc3ccccc34)c2)cc1.[Ir].[c-]1ccccc1-c1ccccn1. The predicted molar refractivity (Wildman–Crippen MR) is 154 cm³/mol. The summed E-state index contributed by atoms with van der Waals surface area (Å²) in [7, 11) is 0. The number of para-hydroxylation sites is 1. The van der Waals surface area contributed by atoms with Crippen molar-refractivity contribution in [3.05, 3.63) is 145 Å². The van der Waals surface area contributed by atoms with Crippen LogP contribution in [0.15, 0.2) is 132 Å². The molecular formula is C35H24IrN2O-2. The van der Waals surface area contributed by atoms with Gasteiger partial charge < -0.3 is 14.4 Å². The molecule has 0 bridgehead atoms. The van der Waals surface area contributed by atoms with Crippen LogP contribution in [0.5, 0.6) is 0 Å². The first-order chi connectivity index (χ1) is 18.8. The normalized spacial score (nSPS) is 10.5. The molecular weight excluding hydrogens is 657 g/mol. The van der Waals surface area contributed by atoms with E-state index in [4.69, 9.17) is 4.42 Å². The van der Waals surface area contributed by atoms with Crippen LogP contribution in [0.25, 0.3) is 55.6 Å². The Morgan fingerprint density at radius 2 is 1.41 bits per heavy atom. The van der Waals surface area contributed by atoms with Gasteiger partial charge in [-0.05, 0) is 47.6 Å².